The predicted molar refractivity (Wildman–Crippen MR) is 67.6 cm³/mol. The van der Waals surface area contributed by atoms with E-state index in [-0.39, 0.29) is 0 Å². The van der Waals surface area contributed by atoms with E-state index in [4.69, 9.17) is 5.73 Å². The van der Waals surface area contributed by atoms with Crippen molar-refractivity contribution in [1.29, 1.82) is 0 Å². The Balaban J connectivity index is 2.95. The summed E-state index contributed by atoms with van der Waals surface area (Å²) < 4.78 is 0. The lowest BCUT2D eigenvalue weighted by atomic mass is 10.1. The molecule has 4 nitrogen and oxygen atoms in total. The summed E-state index contributed by atoms with van der Waals surface area (Å²) in [6.07, 6.45) is 1.79. The van der Waals surface area contributed by atoms with E-state index in [1.165, 1.54) is 0 Å². The number of rotatable bonds is 4. The molecule has 0 spiro atoms. The number of aliphatic hydroxyl groups is 1. The maximum Gasteiger partial charge on any atom is 0.151 e. The van der Waals surface area contributed by atoms with E-state index in [1.54, 1.807) is 20.0 Å². The number of hydrogen-bond donors (Lipinski definition) is 2. The van der Waals surface area contributed by atoms with E-state index < -0.39 is 5.60 Å². The molecule has 0 bridgehead atoms. The van der Waals surface area contributed by atoms with Crippen LogP contribution in [0.2, 0.25) is 0 Å². The molecule has 0 radical (unpaired) electrons. The van der Waals surface area contributed by atoms with Gasteiger partial charge < -0.3 is 15.7 Å². The fourth-order valence-electron chi connectivity index (χ4n) is 1.65. The lowest BCUT2D eigenvalue weighted by Crippen LogP contribution is -2.39. The van der Waals surface area contributed by atoms with E-state index in [0.717, 1.165) is 17.9 Å². The molecule has 1 heterocycles. The molecule has 0 aromatic carbocycles. The molecule has 4 heteroatoms. The van der Waals surface area contributed by atoms with Gasteiger partial charge in [-0.25, -0.2) is 4.98 Å². The molecule has 0 atom stereocenters. The molecule has 0 unspecified atom stereocenters. The third-order valence-corrected chi connectivity index (χ3v) is 2.29. The van der Waals surface area contributed by atoms with Crippen LogP contribution in [0.4, 0.5) is 11.5 Å². The van der Waals surface area contributed by atoms with Crippen LogP contribution in [0.1, 0.15) is 26.3 Å². The molecule has 16 heavy (non-hydrogen) atoms. The van der Waals surface area contributed by atoms with Gasteiger partial charge in [0.2, 0.25) is 0 Å². The molecular weight excluding hydrogens is 202 g/mol. The highest BCUT2D eigenvalue weighted by atomic mass is 16.3. The molecule has 0 aliphatic rings. The van der Waals surface area contributed by atoms with E-state index in [9.17, 15) is 5.11 Å². The average molecular weight is 223 g/mol. The van der Waals surface area contributed by atoms with E-state index in [2.05, 4.69) is 4.98 Å². The van der Waals surface area contributed by atoms with E-state index in [1.807, 2.05) is 24.8 Å². The summed E-state index contributed by atoms with van der Waals surface area (Å²) in [5.41, 5.74) is 6.88. The average Bonchev–Trinajstić information content (AvgIpc) is 2.13. The summed E-state index contributed by atoms with van der Waals surface area (Å²) in [6.45, 7) is 8.82. The minimum absolute atomic E-state index is 0.518. The Morgan fingerprint density at radius 1 is 1.50 bits per heavy atom. The Morgan fingerprint density at radius 2 is 2.12 bits per heavy atom. The standard InChI is InChI=1S/C12H21N3O/c1-5-15(8-12(3,4)16)11-10(13)6-9(2)7-14-11/h6-7,16H,5,8,13H2,1-4H3. The number of likely N-dealkylation sites (N-methyl/N-ethyl adjacent to an activating group) is 1. The zero-order valence-electron chi connectivity index (χ0n) is 10.5. The molecule has 0 amide bonds. The predicted octanol–water partition coefficient (Wildman–Crippen LogP) is 1.57. The van der Waals surface area contributed by atoms with Gasteiger partial charge in [0, 0.05) is 19.3 Å². The minimum Gasteiger partial charge on any atom is -0.396 e. The van der Waals surface area contributed by atoms with Gasteiger partial charge in [-0.2, -0.15) is 0 Å². The van der Waals surface area contributed by atoms with Crippen LogP contribution < -0.4 is 10.6 Å². The molecule has 0 saturated heterocycles. The topological polar surface area (TPSA) is 62.4 Å². The number of aromatic nitrogens is 1. The molecule has 90 valence electrons. The Labute approximate surface area is 97.1 Å². The zero-order valence-corrected chi connectivity index (χ0v) is 10.5. The van der Waals surface area contributed by atoms with Gasteiger partial charge in [-0.3, -0.25) is 0 Å². The Bertz CT molecular complexity index is 358. The van der Waals surface area contributed by atoms with Gasteiger partial charge in [-0.1, -0.05) is 0 Å². The van der Waals surface area contributed by atoms with Crippen molar-refractivity contribution in [2.24, 2.45) is 0 Å². The molecular formula is C12H21N3O. The van der Waals surface area contributed by atoms with Gasteiger partial charge in [0.05, 0.1) is 11.3 Å². The van der Waals surface area contributed by atoms with Crippen molar-refractivity contribution in [2.75, 3.05) is 23.7 Å². The SMILES string of the molecule is CCN(CC(C)(C)O)c1ncc(C)cc1N. The van der Waals surface area contributed by atoms with Crippen LogP contribution in [0, 0.1) is 6.92 Å². The summed E-state index contributed by atoms with van der Waals surface area (Å²) in [5, 5.41) is 9.82. The summed E-state index contributed by atoms with van der Waals surface area (Å²) in [6, 6.07) is 1.90. The van der Waals surface area contributed by atoms with Crippen molar-refractivity contribution in [3.8, 4) is 0 Å². The second-order valence-corrected chi connectivity index (χ2v) is 4.75. The van der Waals surface area contributed by atoms with Gasteiger partial charge in [-0.05, 0) is 39.3 Å². The molecule has 0 saturated carbocycles. The van der Waals surface area contributed by atoms with Gasteiger partial charge in [0.25, 0.3) is 0 Å². The molecule has 0 fully saturated rings. The first kappa shape index (κ1) is 12.8. The summed E-state index contributed by atoms with van der Waals surface area (Å²) in [5.74, 6) is 0.746. The number of aryl methyl sites for hydroxylation is 1. The second kappa shape index (κ2) is 4.70. The first-order valence-electron chi connectivity index (χ1n) is 5.53. The fraction of sp³-hybridized carbons (Fsp3) is 0.583. The number of nitrogens with two attached hydrogens (primary N) is 1. The summed E-state index contributed by atoms with van der Waals surface area (Å²) in [4.78, 5) is 6.30. The van der Waals surface area contributed by atoms with Crippen molar-refractivity contribution in [3.63, 3.8) is 0 Å². The lowest BCUT2D eigenvalue weighted by molar-refractivity contribution is 0.0874. The normalized spacial score (nSPS) is 11.6. The van der Waals surface area contributed by atoms with Gasteiger partial charge in [-0.15, -0.1) is 0 Å². The van der Waals surface area contributed by atoms with Crippen molar-refractivity contribution in [3.05, 3.63) is 17.8 Å². The lowest BCUT2D eigenvalue weighted by Gasteiger charge is -2.29. The molecule has 1 aromatic rings. The highest BCUT2D eigenvalue weighted by Gasteiger charge is 2.19. The quantitative estimate of drug-likeness (QED) is 0.813. The third kappa shape index (κ3) is 3.38. The van der Waals surface area contributed by atoms with E-state index >= 15 is 0 Å². The Kier molecular flexibility index (Phi) is 3.75. The minimum atomic E-state index is -0.755. The van der Waals surface area contributed by atoms with E-state index in [0.29, 0.717) is 12.2 Å². The van der Waals surface area contributed by atoms with Gasteiger partial charge in [0.15, 0.2) is 5.82 Å². The zero-order chi connectivity index (χ0) is 12.3. The first-order valence-corrected chi connectivity index (χ1v) is 5.53. The number of nitrogens with zero attached hydrogens (tertiary/aromatic N) is 2. The van der Waals surface area contributed by atoms with Gasteiger partial charge >= 0.3 is 0 Å². The van der Waals surface area contributed by atoms with Crippen molar-refractivity contribution in [2.45, 2.75) is 33.3 Å². The smallest absolute Gasteiger partial charge is 0.151 e. The van der Waals surface area contributed by atoms with Crippen molar-refractivity contribution in [1.82, 2.24) is 4.98 Å². The van der Waals surface area contributed by atoms with Crippen LogP contribution in [-0.2, 0) is 0 Å². The van der Waals surface area contributed by atoms with Crippen molar-refractivity contribution < 1.29 is 5.11 Å². The number of hydrogen-bond acceptors (Lipinski definition) is 4. The Morgan fingerprint density at radius 3 is 2.56 bits per heavy atom. The highest BCUT2D eigenvalue weighted by Crippen LogP contribution is 2.22. The van der Waals surface area contributed by atoms with Crippen LogP contribution in [-0.4, -0.2) is 28.8 Å². The summed E-state index contributed by atoms with van der Waals surface area (Å²) in [7, 11) is 0. The number of pyridine rings is 1. The molecule has 3 N–H and O–H groups in total. The maximum atomic E-state index is 9.82. The van der Waals surface area contributed by atoms with Gasteiger partial charge in [0.1, 0.15) is 0 Å². The molecule has 1 aromatic heterocycles. The van der Waals surface area contributed by atoms with Crippen LogP contribution >= 0.6 is 0 Å². The maximum absolute atomic E-state index is 9.82. The molecule has 0 aliphatic carbocycles. The highest BCUT2D eigenvalue weighted by molar-refractivity contribution is 5.63. The summed E-state index contributed by atoms with van der Waals surface area (Å²) >= 11 is 0. The largest absolute Gasteiger partial charge is 0.396 e. The van der Waals surface area contributed by atoms with Crippen molar-refractivity contribution >= 4 is 11.5 Å². The van der Waals surface area contributed by atoms with Crippen LogP contribution in [0.15, 0.2) is 12.3 Å². The second-order valence-electron chi connectivity index (χ2n) is 4.75. The molecule has 1 rings (SSSR count). The Hall–Kier alpha value is -1.29. The van der Waals surface area contributed by atoms with Crippen LogP contribution in [0.3, 0.4) is 0 Å². The number of nitrogen functional groups attached to an aromatic ring is 1. The third-order valence-electron chi connectivity index (χ3n) is 2.29. The van der Waals surface area contributed by atoms with Crippen LogP contribution in [0.25, 0.3) is 0 Å². The monoisotopic (exact) mass is 223 g/mol. The first-order chi connectivity index (χ1) is 7.33. The fourth-order valence-corrected chi connectivity index (χ4v) is 1.65. The number of anilines is 2. The molecule has 0 aliphatic heterocycles. The van der Waals surface area contributed by atoms with Crippen LogP contribution in [0.5, 0.6) is 0 Å².